The van der Waals surface area contributed by atoms with E-state index in [4.69, 9.17) is 16.3 Å². The van der Waals surface area contributed by atoms with Gasteiger partial charge in [-0.1, -0.05) is 29.8 Å². The number of nitrogens with zero attached hydrogens (tertiary/aromatic N) is 2. The lowest BCUT2D eigenvalue weighted by Crippen LogP contribution is -2.50. The maximum Gasteiger partial charge on any atom is 0.244 e. The summed E-state index contributed by atoms with van der Waals surface area (Å²) in [5.41, 5.74) is 4.50. The van der Waals surface area contributed by atoms with Crippen molar-refractivity contribution < 1.29 is 9.53 Å². The zero-order valence-corrected chi connectivity index (χ0v) is 16.1. The highest BCUT2D eigenvalue weighted by atomic mass is 35.5. The average molecular weight is 371 g/mol. The molecular weight excluding hydrogens is 348 g/mol. The number of fused-ring (bicyclic) bond motifs is 2. The van der Waals surface area contributed by atoms with Gasteiger partial charge in [0.05, 0.1) is 29.9 Å². The first-order valence-corrected chi connectivity index (χ1v) is 9.33. The van der Waals surface area contributed by atoms with E-state index in [-0.39, 0.29) is 18.0 Å². The molecule has 2 saturated heterocycles. The van der Waals surface area contributed by atoms with E-state index in [1.165, 1.54) is 16.7 Å². The van der Waals surface area contributed by atoms with Crippen molar-refractivity contribution in [1.82, 2.24) is 4.90 Å². The van der Waals surface area contributed by atoms with E-state index in [0.717, 1.165) is 30.9 Å². The largest absolute Gasteiger partial charge is 0.496 e. The second-order valence-electron chi connectivity index (χ2n) is 7.17. The number of carbonyl (C=O) groups is 1. The Morgan fingerprint density at radius 1 is 1.15 bits per heavy atom. The Labute approximate surface area is 159 Å². The van der Waals surface area contributed by atoms with Gasteiger partial charge in [0.25, 0.3) is 0 Å². The molecule has 0 radical (unpaired) electrons. The number of ether oxygens (including phenoxy) is 1. The Morgan fingerprint density at radius 3 is 2.62 bits per heavy atom. The van der Waals surface area contributed by atoms with E-state index in [1.807, 2.05) is 35.2 Å². The van der Waals surface area contributed by atoms with Crippen LogP contribution in [0.25, 0.3) is 0 Å². The van der Waals surface area contributed by atoms with Crippen LogP contribution >= 0.6 is 11.6 Å². The molecule has 1 amide bonds. The minimum absolute atomic E-state index is 0.0573. The number of carbonyl (C=O) groups excluding carboxylic acids is 1. The molecule has 2 aliphatic rings. The van der Waals surface area contributed by atoms with Crippen molar-refractivity contribution >= 4 is 23.2 Å². The van der Waals surface area contributed by atoms with Gasteiger partial charge in [-0.05, 0) is 55.2 Å². The topological polar surface area (TPSA) is 32.8 Å². The van der Waals surface area contributed by atoms with Crippen LogP contribution in [-0.2, 0) is 11.3 Å². The lowest BCUT2D eigenvalue weighted by molar-refractivity contribution is -0.122. The highest BCUT2D eigenvalue weighted by molar-refractivity contribution is 6.34. The summed E-state index contributed by atoms with van der Waals surface area (Å²) >= 11 is 6.32. The number of amides is 1. The van der Waals surface area contributed by atoms with E-state index in [1.54, 1.807) is 7.11 Å². The Bertz CT molecular complexity index is 867. The molecule has 0 aromatic heterocycles. The summed E-state index contributed by atoms with van der Waals surface area (Å²) in [6, 6.07) is 11.9. The molecule has 0 spiro atoms. The first kappa shape index (κ1) is 17.4. The van der Waals surface area contributed by atoms with Crippen molar-refractivity contribution in [2.45, 2.75) is 38.9 Å². The molecule has 4 nitrogen and oxygen atoms in total. The first-order valence-electron chi connectivity index (χ1n) is 8.96. The third kappa shape index (κ3) is 2.68. The molecule has 0 saturated carbocycles. The first-order chi connectivity index (χ1) is 12.5. The van der Waals surface area contributed by atoms with Crippen LogP contribution in [0.4, 0.5) is 5.69 Å². The molecule has 5 heteroatoms. The number of anilines is 1. The molecule has 26 heavy (non-hydrogen) atoms. The fraction of sp³-hybridized carbons (Fsp3) is 0.381. The average Bonchev–Trinajstić information content (AvgIpc) is 3.17. The van der Waals surface area contributed by atoms with E-state index in [9.17, 15) is 4.79 Å². The third-order valence-electron chi connectivity index (χ3n) is 5.82. The predicted molar refractivity (Wildman–Crippen MR) is 104 cm³/mol. The monoisotopic (exact) mass is 370 g/mol. The Kier molecular flexibility index (Phi) is 4.41. The van der Waals surface area contributed by atoms with Gasteiger partial charge in [0.2, 0.25) is 5.91 Å². The summed E-state index contributed by atoms with van der Waals surface area (Å²) in [5, 5.41) is 0.640. The third-order valence-corrected chi connectivity index (χ3v) is 6.14. The van der Waals surface area contributed by atoms with Gasteiger partial charge in [-0.25, -0.2) is 0 Å². The van der Waals surface area contributed by atoms with E-state index < -0.39 is 0 Å². The number of piperazine rings is 1. The normalized spacial score (nSPS) is 22.3. The number of likely N-dealkylation sites (tertiary alicyclic amines) is 1. The van der Waals surface area contributed by atoms with Gasteiger partial charge in [-0.3, -0.25) is 9.69 Å². The fourth-order valence-corrected chi connectivity index (χ4v) is 4.49. The second kappa shape index (κ2) is 6.60. The fourth-order valence-electron chi connectivity index (χ4n) is 4.26. The van der Waals surface area contributed by atoms with Crippen LogP contribution in [0.5, 0.6) is 5.75 Å². The van der Waals surface area contributed by atoms with Crippen LogP contribution in [0.3, 0.4) is 0 Å². The molecule has 2 aromatic carbocycles. The zero-order chi connectivity index (χ0) is 18.4. The van der Waals surface area contributed by atoms with Gasteiger partial charge in [-0.15, -0.1) is 0 Å². The molecule has 0 N–H and O–H groups in total. The number of hydrogen-bond donors (Lipinski definition) is 0. The molecule has 4 rings (SSSR count). The van der Waals surface area contributed by atoms with Crippen LogP contribution in [0.15, 0.2) is 36.4 Å². The molecule has 0 aliphatic carbocycles. The molecule has 2 aliphatic heterocycles. The summed E-state index contributed by atoms with van der Waals surface area (Å²) in [4.78, 5) is 17.2. The van der Waals surface area contributed by atoms with Gasteiger partial charge in [-0.2, -0.15) is 0 Å². The van der Waals surface area contributed by atoms with E-state index >= 15 is 0 Å². The summed E-state index contributed by atoms with van der Waals surface area (Å²) in [5.74, 6) is 1.08. The molecular formula is C21H23ClN2O2. The summed E-state index contributed by atoms with van der Waals surface area (Å²) in [6.07, 6.45) is 0.873. The van der Waals surface area contributed by atoms with Crippen molar-refractivity contribution in [3.05, 3.63) is 58.1 Å². The van der Waals surface area contributed by atoms with Gasteiger partial charge in [0.15, 0.2) is 0 Å². The highest BCUT2D eigenvalue weighted by Gasteiger charge is 2.50. The molecule has 2 aromatic rings. The number of rotatable bonds is 4. The molecule has 2 atom stereocenters. The van der Waals surface area contributed by atoms with Crippen LogP contribution in [0.1, 0.15) is 23.1 Å². The molecule has 2 fully saturated rings. The van der Waals surface area contributed by atoms with Crippen LogP contribution in [0, 0.1) is 13.8 Å². The predicted octanol–water partition coefficient (Wildman–Crippen LogP) is 3.96. The van der Waals surface area contributed by atoms with Crippen molar-refractivity contribution in [3.63, 3.8) is 0 Å². The minimum Gasteiger partial charge on any atom is -0.496 e. The number of halogens is 1. The van der Waals surface area contributed by atoms with Crippen molar-refractivity contribution in [1.29, 1.82) is 0 Å². The summed E-state index contributed by atoms with van der Waals surface area (Å²) in [6.45, 7) is 5.88. The van der Waals surface area contributed by atoms with Crippen LogP contribution in [-0.4, -0.2) is 36.5 Å². The standard InChI is InChI=1S/C21H23ClN2O2/c1-13-14(2)20(26-3)9-8-15(13)11-23-12-16-10-19(23)21(25)24(16)18-7-5-4-6-17(18)22/h4-9,16,19H,10-12H2,1-3H3/t16-,19-/m0/s1. The maximum absolute atomic E-state index is 13.0. The van der Waals surface area contributed by atoms with Gasteiger partial charge in [0, 0.05) is 13.1 Å². The molecule has 136 valence electrons. The Hall–Kier alpha value is -2.04. The smallest absolute Gasteiger partial charge is 0.244 e. The van der Waals surface area contributed by atoms with Crippen LogP contribution in [0.2, 0.25) is 5.02 Å². The second-order valence-corrected chi connectivity index (χ2v) is 7.58. The lowest BCUT2D eigenvalue weighted by atomic mass is 10.0. The van der Waals surface area contributed by atoms with Gasteiger partial charge < -0.3 is 9.64 Å². The number of hydrogen-bond acceptors (Lipinski definition) is 3. The van der Waals surface area contributed by atoms with Crippen molar-refractivity contribution in [3.8, 4) is 5.75 Å². The quantitative estimate of drug-likeness (QED) is 0.816. The van der Waals surface area contributed by atoms with Crippen LogP contribution < -0.4 is 9.64 Å². The lowest BCUT2D eigenvalue weighted by Gasteiger charge is -2.34. The maximum atomic E-state index is 13.0. The Balaban J connectivity index is 1.55. The number of benzene rings is 2. The molecule has 2 heterocycles. The molecule has 0 unspecified atom stereocenters. The van der Waals surface area contributed by atoms with Crippen molar-refractivity contribution in [2.75, 3.05) is 18.6 Å². The van der Waals surface area contributed by atoms with Gasteiger partial charge >= 0.3 is 0 Å². The number of methoxy groups -OCH3 is 1. The molecule has 2 bridgehead atoms. The highest BCUT2D eigenvalue weighted by Crippen LogP contribution is 2.39. The number of para-hydroxylation sites is 1. The summed E-state index contributed by atoms with van der Waals surface area (Å²) < 4.78 is 5.40. The minimum atomic E-state index is -0.0573. The Morgan fingerprint density at radius 2 is 1.92 bits per heavy atom. The zero-order valence-electron chi connectivity index (χ0n) is 15.3. The van der Waals surface area contributed by atoms with E-state index in [0.29, 0.717) is 5.02 Å². The van der Waals surface area contributed by atoms with Crippen molar-refractivity contribution in [2.24, 2.45) is 0 Å². The van der Waals surface area contributed by atoms with Gasteiger partial charge in [0.1, 0.15) is 5.75 Å². The SMILES string of the molecule is COc1ccc(CN2C[C@@H]3C[C@H]2C(=O)N3c2ccccc2Cl)c(C)c1C. The van der Waals surface area contributed by atoms with E-state index in [2.05, 4.69) is 24.8 Å². The summed E-state index contributed by atoms with van der Waals surface area (Å²) in [7, 11) is 1.70.